The molecule has 0 heterocycles. The number of para-hydroxylation sites is 1. The molecule has 2 aromatic rings. The molecule has 0 radical (unpaired) electrons. The van der Waals surface area contributed by atoms with Gasteiger partial charge in [0.15, 0.2) is 0 Å². The fraction of sp³-hybridized carbons (Fsp3) is 0.0769. The summed E-state index contributed by atoms with van der Waals surface area (Å²) in [4.78, 5) is 0.327. The summed E-state index contributed by atoms with van der Waals surface area (Å²) in [6, 6.07) is 10.8. The standard InChI is InChI=1S/C13H7Br3F3N/c14-8-6-10(15)12(11(16)7-8)20(13(17,18)19)9-4-2-1-3-5-9/h1-7H. The Labute approximate surface area is 139 Å². The van der Waals surface area contributed by atoms with E-state index >= 15 is 0 Å². The van der Waals surface area contributed by atoms with Crippen LogP contribution in [0.1, 0.15) is 0 Å². The van der Waals surface area contributed by atoms with E-state index in [0.717, 1.165) is 0 Å². The van der Waals surface area contributed by atoms with Crippen molar-refractivity contribution in [2.75, 3.05) is 4.90 Å². The Bertz CT molecular complexity index is 591. The van der Waals surface area contributed by atoms with Crippen molar-refractivity contribution in [3.63, 3.8) is 0 Å². The molecule has 7 heteroatoms. The van der Waals surface area contributed by atoms with Crippen LogP contribution in [0.25, 0.3) is 0 Å². The smallest absolute Gasteiger partial charge is 0.251 e. The number of halogens is 6. The fourth-order valence-electron chi connectivity index (χ4n) is 1.73. The van der Waals surface area contributed by atoms with Gasteiger partial charge in [0.25, 0.3) is 0 Å². The Hall–Kier alpha value is -0.530. The van der Waals surface area contributed by atoms with E-state index in [1.807, 2.05) is 0 Å². The second-order valence-electron chi connectivity index (χ2n) is 3.86. The zero-order chi connectivity index (χ0) is 14.9. The molecule has 0 amide bonds. The number of benzene rings is 2. The lowest BCUT2D eigenvalue weighted by Crippen LogP contribution is -2.34. The lowest BCUT2D eigenvalue weighted by atomic mass is 10.2. The maximum Gasteiger partial charge on any atom is 0.489 e. The summed E-state index contributed by atoms with van der Waals surface area (Å²) >= 11 is 9.62. The van der Waals surface area contributed by atoms with Gasteiger partial charge in [0.2, 0.25) is 0 Å². The van der Waals surface area contributed by atoms with Gasteiger partial charge >= 0.3 is 6.30 Å². The van der Waals surface area contributed by atoms with E-state index in [1.165, 1.54) is 12.1 Å². The fourth-order valence-corrected chi connectivity index (χ4v) is 4.34. The Balaban J connectivity index is 2.66. The predicted molar refractivity (Wildman–Crippen MR) is 84.2 cm³/mol. The SMILES string of the molecule is FC(F)(F)N(c1ccccc1)c1c(Br)cc(Br)cc1Br. The van der Waals surface area contributed by atoms with Crippen molar-refractivity contribution in [3.8, 4) is 0 Å². The average Bonchev–Trinajstić information content (AvgIpc) is 2.33. The Kier molecular flexibility index (Phi) is 4.81. The van der Waals surface area contributed by atoms with Gasteiger partial charge in [-0.1, -0.05) is 34.1 Å². The van der Waals surface area contributed by atoms with Gasteiger partial charge in [-0.15, -0.1) is 13.2 Å². The first-order valence-corrected chi connectivity index (χ1v) is 7.75. The van der Waals surface area contributed by atoms with Gasteiger partial charge in [-0.2, -0.15) is 0 Å². The zero-order valence-corrected chi connectivity index (χ0v) is 14.5. The predicted octanol–water partition coefficient (Wildman–Crippen LogP) is 6.63. The number of nitrogens with zero attached hydrogens (tertiary/aromatic N) is 1. The van der Waals surface area contributed by atoms with E-state index in [9.17, 15) is 13.2 Å². The molecule has 20 heavy (non-hydrogen) atoms. The van der Waals surface area contributed by atoms with Crippen LogP contribution in [-0.4, -0.2) is 6.30 Å². The summed E-state index contributed by atoms with van der Waals surface area (Å²) in [7, 11) is 0. The van der Waals surface area contributed by atoms with Gasteiger partial charge < -0.3 is 0 Å². The quantitative estimate of drug-likeness (QED) is 0.442. The van der Waals surface area contributed by atoms with Crippen LogP contribution in [0.15, 0.2) is 55.9 Å². The summed E-state index contributed by atoms with van der Waals surface area (Å²) < 4.78 is 41.6. The highest BCUT2D eigenvalue weighted by atomic mass is 79.9. The summed E-state index contributed by atoms with van der Waals surface area (Å²) in [5, 5.41) is 0. The first-order chi connectivity index (χ1) is 9.30. The molecule has 106 valence electrons. The van der Waals surface area contributed by atoms with Crippen molar-refractivity contribution < 1.29 is 13.2 Å². The Morgan fingerprint density at radius 3 is 1.80 bits per heavy atom. The third-order valence-corrected chi connectivity index (χ3v) is 4.14. The van der Waals surface area contributed by atoms with E-state index in [4.69, 9.17) is 0 Å². The largest absolute Gasteiger partial charge is 0.489 e. The van der Waals surface area contributed by atoms with Gasteiger partial charge in [-0.25, -0.2) is 0 Å². The number of hydrogen-bond donors (Lipinski definition) is 0. The molecule has 0 unspecified atom stereocenters. The van der Waals surface area contributed by atoms with E-state index in [-0.39, 0.29) is 11.4 Å². The van der Waals surface area contributed by atoms with Crippen LogP contribution in [-0.2, 0) is 0 Å². The van der Waals surface area contributed by atoms with E-state index in [0.29, 0.717) is 18.3 Å². The molecule has 0 aliphatic carbocycles. The topological polar surface area (TPSA) is 3.24 Å². The van der Waals surface area contributed by atoms with Crippen molar-refractivity contribution >= 4 is 59.2 Å². The molecular formula is C13H7Br3F3N. The molecule has 0 aliphatic heterocycles. The van der Waals surface area contributed by atoms with E-state index < -0.39 is 6.30 Å². The summed E-state index contributed by atoms with van der Waals surface area (Å²) in [5.41, 5.74) is 0.0515. The molecule has 0 bridgehead atoms. The number of rotatable bonds is 2. The van der Waals surface area contributed by atoms with Crippen molar-refractivity contribution in [1.82, 2.24) is 0 Å². The van der Waals surface area contributed by atoms with Gasteiger partial charge in [-0.3, -0.25) is 4.90 Å². The first-order valence-electron chi connectivity index (χ1n) is 5.37. The summed E-state index contributed by atoms with van der Waals surface area (Å²) in [6.45, 7) is 0. The Morgan fingerprint density at radius 1 is 0.850 bits per heavy atom. The second-order valence-corrected chi connectivity index (χ2v) is 6.48. The molecule has 2 aromatic carbocycles. The molecule has 0 fully saturated rings. The van der Waals surface area contributed by atoms with Crippen LogP contribution in [0.3, 0.4) is 0 Å². The number of anilines is 2. The molecule has 0 aliphatic rings. The molecule has 1 nitrogen and oxygen atoms in total. The van der Waals surface area contributed by atoms with Gasteiger partial charge in [-0.05, 0) is 56.1 Å². The van der Waals surface area contributed by atoms with Crippen LogP contribution >= 0.6 is 47.8 Å². The lowest BCUT2D eigenvalue weighted by Gasteiger charge is -2.29. The van der Waals surface area contributed by atoms with Crippen LogP contribution in [0.4, 0.5) is 24.5 Å². The highest BCUT2D eigenvalue weighted by Gasteiger charge is 2.40. The average molecular weight is 474 g/mol. The minimum atomic E-state index is -4.54. The number of alkyl halides is 3. The molecule has 0 N–H and O–H groups in total. The van der Waals surface area contributed by atoms with Crippen molar-refractivity contribution in [2.45, 2.75) is 6.30 Å². The van der Waals surface area contributed by atoms with Crippen LogP contribution in [0.2, 0.25) is 0 Å². The van der Waals surface area contributed by atoms with Crippen molar-refractivity contribution in [1.29, 1.82) is 0 Å². The third-order valence-electron chi connectivity index (χ3n) is 2.47. The van der Waals surface area contributed by atoms with E-state index in [1.54, 1.807) is 30.3 Å². The summed E-state index contributed by atoms with van der Waals surface area (Å²) in [6.07, 6.45) is -4.54. The lowest BCUT2D eigenvalue weighted by molar-refractivity contribution is -0.121. The van der Waals surface area contributed by atoms with Gasteiger partial charge in [0, 0.05) is 19.1 Å². The van der Waals surface area contributed by atoms with Crippen LogP contribution in [0, 0.1) is 0 Å². The molecule has 0 saturated carbocycles. The van der Waals surface area contributed by atoms with Crippen LogP contribution < -0.4 is 4.90 Å². The minimum Gasteiger partial charge on any atom is -0.251 e. The number of hydrogen-bond acceptors (Lipinski definition) is 1. The van der Waals surface area contributed by atoms with Crippen molar-refractivity contribution in [3.05, 3.63) is 55.9 Å². The van der Waals surface area contributed by atoms with Gasteiger partial charge in [0.1, 0.15) is 0 Å². The minimum absolute atomic E-state index is 0.00639. The monoisotopic (exact) mass is 471 g/mol. The molecule has 0 atom stereocenters. The third kappa shape index (κ3) is 3.38. The normalized spacial score (nSPS) is 11.5. The molecule has 0 saturated heterocycles. The van der Waals surface area contributed by atoms with Crippen LogP contribution in [0.5, 0.6) is 0 Å². The highest BCUT2D eigenvalue weighted by Crippen LogP contribution is 2.45. The maximum atomic E-state index is 13.4. The Morgan fingerprint density at radius 2 is 1.35 bits per heavy atom. The maximum absolute atomic E-state index is 13.4. The molecular weight excluding hydrogens is 467 g/mol. The van der Waals surface area contributed by atoms with E-state index in [2.05, 4.69) is 47.8 Å². The van der Waals surface area contributed by atoms with Crippen molar-refractivity contribution in [2.24, 2.45) is 0 Å². The zero-order valence-electron chi connectivity index (χ0n) is 9.76. The molecule has 2 rings (SSSR count). The highest BCUT2D eigenvalue weighted by molar-refractivity contribution is 9.11. The molecule has 0 spiro atoms. The van der Waals surface area contributed by atoms with Gasteiger partial charge in [0.05, 0.1) is 5.69 Å². The first kappa shape index (κ1) is 15.9. The summed E-state index contributed by atoms with van der Waals surface area (Å²) in [5.74, 6) is 0. The molecule has 0 aromatic heterocycles. The second kappa shape index (κ2) is 6.07.